The second-order valence-electron chi connectivity index (χ2n) is 5.50. The fraction of sp³-hybridized carbons (Fsp3) is 0. The van der Waals surface area contributed by atoms with Gasteiger partial charge in [-0.1, -0.05) is 57.9 Å². The smallest absolute Gasteiger partial charge is 0.124 e. The van der Waals surface area contributed by atoms with Crippen molar-refractivity contribution in [1.82, 2.24) is 0 Å². The minimum atomic E-state index is 0.194. The molecule has 1 nitrogen and oxygen atoms in total. The van der Waals surface area contributed by atoms with Gasteiger partial charge in [0.25, 0.3) is 0 Å². The maximum Gasteiger partial charge on any atom is 0.124 e. The molecule has 23 heavy (non-hydrogen) atoms. The number of hydrogen-bond donors (Lipinski definition) is 1. The number of aromatic hydroxyl groups is 1. The van der Waals surface area contributed by atoms with Gasteiger partial charge in [0.15, 0.2) is 0 Å². The molecule has 0 aliphatic rings. The van der Waals surface area contributed by atoms with E-state index >= 15 is 0 Å². The van der Waals surface area contributed by atoms with Crippen molar-refractivity contribution >= 4 is 49.1 Å². The van der Waals surface area contributed by atoms with Crippen molar-refractivity contribution in [3.05, 3.63) is 76.2 Å². The summed E-state index contributed by atoms with van der Waals surface area (Å²) in [4.78, 5) is 0. The number of benzene rings is 4. The lowest BCUT2D eigenvalue weighted by Crippen LogP contribution is -1.85. The summed E-state index contributed by atoms with van der Waals surface area (Å²) in [5, 5.41) is 15.4. The first-order chi connectivity index (χ1) is 11.1. The van der Waals surface area contributed by atoms with E-state index in [2.05, 4.69) is 46.3 Å². The fourth-order valence-electron chi connectivity index (χ4n) is 3.03. The molecule has 0 heterocycles. The van der Waals surface area contributed by atoms with Crippen LogP contribution in [0.1, 0.15) is 0 Å². The highest BCUT2D eigenvalue weighted by Gasteiger charge is 2.12. The van der Waals surface area contributed by atoms with Gasteiger partial charge in [-0.3, -0.25) is 0 Å². The third kappa shape index (κ3) is 2.48. The van der Waals surface area contributed by atoms with Crippen molar-refractivity contribution in [3.63, 3.8) is 0 Å². The van der Waals surface area contributed by atoms with Crippen LogP contribution < -0.4 is 0 Å². The van der Waals surface area contributed by atoms with E-state index in [4.69, 9.17) is 11.6 Å². The van der Waals surface area contributed by atoms with Crippen molar-refractivity contribution in [3.8, 4) is 16.9 Å². The van der Waals surface area contributed by atoms with Gasteiger partial charge >= 0.3 is 0 Å². The summed E-state index contributed by atoms with van der Waals surface area (Å²) in [6, 6.07) is 21.9. The minimum absolute atomic E-state index is 0.194. The Kier molecular flexibility index (Phi) is 3.51. The van der Waals surface area contributed by atoms with Crippen LogP contribution in [0, 0.1) is 0 Å². The van der Waals surface area contributed by atoms with Crippen molar-refractivity contribution in [1.29, 1.82) is 0 Å². The Balaban J connectivity index is 2.15. The van der Waals surface area contributed by atoms with Crippen LogP contribution in [0.15, 0.2) is 71.2 Å². The Hall–Kier alpha value is -2.03. The summed E-state index contributed by atoms with van der Waals surface area (Å²) in [5.74, 6) is 0.194. The first kappa shape index (κ1) is 14.6. The normalized spacial score (nSPS) is 11.2. The molecule has 0 amide bonds. The van der Waals surface area contributed by atoms with Gasteiger partial charge in [0.2, 0.25) is 0 Å². The molecule has 0 atom stereocenters. The molecule has 0 bridgehead atoms. The van der Waals surface area contributed by atoms with Crippen LogP contribution in [0.5, 0.6) is 5.75 Å². The van der Waals surface area contributed by atoms with E-state index in [1.165, 1.54) is 5.39 Å². The molecular weight excluding hydrogens is 372 g/mol. The Morgan fingerprint density at radius 2 is 1.52 bits per heavy atom. The van der Waals surface area contributed by atoms with E-state index in [9.17, 15) is 5.11 Å². The van der Waals surface area contributed by atoms with Crippen LogP contribution in [0.2, 0.25) is 5.02 Å². The molecule has 0 radical (unpaired) electrons. The molecular formula is C20H12BrClO. The number of phenols is 1. The quantitative estimate of drug-likeness (QED) is 0.359. The molecule has 3 heteroatoms. The molecule has 112 valence electrons. The van der Waals surface area contributed by atoms with Crippen LogP contribution in [0.25, 0.3) is 32.7 Å². The van der Waals surface area contributed by atoms with Crippen molar-refractivity contribution in [2.45, 2.75) is 0 Å². The van der Waals surface area contributed by atoms with Crippen LogP contribution in [0.4, 0.5) is 0 Å². The standard InChI is InChI=1S/C20H12BrClO/c21-13-6-5-12-9-19(17-8-7-14(22)11-20(17)23)16-4-2-1-3-15(16)18(12)10-13/h1-11,23H. The predicted molar refractivity (Wildman–Crippen MR) is 101 cm³/mol. The van der Waals surface area contributed by atoms with Gasteiger partial charge in [-0.15, -0.1) is 0 Å². The van der Waals surface area contributed by atoms with Crippen LogP contribution >= 0.6 is 27.5 Å². The first-order valence-electron chi connectivity index (χ1n) is 7.23. The Morgan fingerprint density at radius 1 is 0.739 bits per heavy atom. The fourth-order valence-corrected chi connectivity index (χ4v) is 3.56. The minimum Gasteiger partial charge on any atom is -0.507 e. The molecule has 4 aromatic rings. The Bertz CT molecular complexity index is 1060. The van der Waals surface area contributed by atoms with E-state index in [0.29, 0.717) is 5.02 Å². The van der Waals surface area contributed by atoms with Crippen molar-refractivity contribution < 1.29 is 5.11 Å². The lowest BCUT2D eigenvalue weighted by Gasteiger charge is -2.12. The molecule has 0 saturated heterocycles. The number of phenolic OH excluding ortho intramolecular Hbond substituents is 1. The van der Waals surface area contributed by atoms with Gasteiger partial charge in [-0.25, -0.2) is 0 Å². The monoisotopic (exact) mass is 382 g/mol. The molecule has 4 rings (SSSR count). The lowest BCUT2D eigenvalue weighted by atomic mass is 9.93. The second-order valence-corrected chi connectivity index (χ2v) is 6.85. The van der Waals surface area contributed by atoms with Gasteiger partial charge < -0.3 is 5.11 Å². The van der Waals surface area contributed by atoms with Gasteiger partial charge in [0.05, 0.1) is 0 Å². The topological polar surface area (TPSA) is 20.2 Å². The number of fused-ring (bicyclic) bond motifs is 3. The molecule has 0 spiro atoms. The van der Waals surface area contributed by atoms with E-state index in [1.807, 2.05) is 24.3 Å². The molecule has 4 aromatic carbocycles. The zero-order valence-corrected chi connectivity index (χ0v) is 14.4. The third-order valence-electron chi connectivity index (χ3n) is 4.07. The second kappa shape index (κ2) is 5.55. The van der Waals surface area contributed by atoms with Crippen molar-refractivity contribution in [2.24, 2.45) is 0 Å². The zero-order valence-electron chi connectivity index (χ0n) is 12.1. The SMILES string of the molecule is Oc1cc(Cl)ccc1-c1cc2ccc(Br)cc2c2ccccc12. The highest BCUT2D eigenvalue weighted by Crippen LogP contribution is 2.39. The molecule has 0 aliphatic heterocycles. The first-order valence-corrected chi connectivity index (χ1v) is 8.40. The van der Waals surface area contributed by atoms with E-state index in [-0.39, 0.29) is 5.75 Å². The lowest BCUT2D eigenvalue weighted by molar-refractivity contribution is 0.477. The summed E-state index contributed by atoms with van der Waals surface area (Å²) < 4.78 is 1.05. The molecule has 0 aliphatic carbocycles. The maximum atomic E-state index is 10.3. The van der Waals surface area contributed by atoms with Gasteiger partial charge in [-0.2, -0.15) is 0 Å². The molecule has 0 fully saturated rings. The molecule has 0 aromatic heterocycles. The maximum absolute atomic E-state index is 10.3. The average Bonchev–Trinajstić information content (AvgIpc) is 2.55. The van der Waals surface area contributed by atoms with Crippen molar-refractivity contribution in [2.75, 3.05) is 0 Å². The summed E-state index contributed by atoms with van der Waals surface area (Å²) in [7, 11) is 0. The summed E-state index contributed by atoms with van der Waals surface area (Å²) in [6.45, 7) is 0. The van der Waals surface area contributed by atoms with E-state index < -0.39 is 0 Å². The van der Waals surface area contributed by atoms with Gasteiger partial charge in [0, 0.05) is 15.1 Å². The summed E-state index contributed by atoms with van der Waals surface area (Å²) in [6.07, 6.45) is 0. The zero-order chi connectivity index (χ0) is 16.0. The van der Waals surface area contributed by atoms with Crippen LogP contribution in [0.3, 0.4) is 0 Å². The average molecular weight is 384 g/mol. The van der Waals surface area contributed by atoms with Gasteiger partial charge in [0.1, 0.15) is 5.75 Å². The highest BCUT2D eigenvalue weighted by atomic mass is 79.9. The predicted octanol–water partition coefficient (Wildman–Crippen LogP) is 6.78. The molecule has 0 saturated carbocycles. The summed E-state index contributed by atoms with van der Waals surface area (Å²) >= 11 is 9.52. The Labute approximate surface area is 147 Å². The Morgan fingerprint density at radius 3 is 2.30 bits per heavy atom. The van der Waals surface area contributed by atoms with Gasteiger partial charge in [-0.05, 0) is 63.5 Å². The van der Waals surface area contributed by atoms with E-state index in [1.54, 1.807) is 12.1 Å². The number of hydrogen-bond acceptors (Lipinski definition) is 1. The molecule has 1 N–H and O–H groups in total. The largest absolute Gasteiger partial charge is 0.507 e. The van der Waals surface area contributed by atoms with Crippen LogP contribution in [-0.2, 0) is 0 Å². The third-order valence-corrected chi connectivity index (χ3v) is 4.80. The number of halogens is 2. The highest BCUT2D eigenvalue weighted by molar-refractivity contribution is 9.10. The molecule has 0 unspecified atom stereocenters. The number of rotatable bonds is 1. The van der Waals surface area contributed by atoms with E-state index in [0.717, 1.165) is 31.8 Å². The van der Waals surface area contributed by atoms with Crippen LogP contribution in [-0.4, -0.2) is 5.11 Å². The summed E-state index contributed by atoms with van der Waals surface area (Å²) in [5.41, 5.74) is 1.79.